The molecule has 0 bridgehead atoms. The number of hydrogen-bond acceptors (Lipinski definition) is 5. The summed E-state index contributed by atoms with van der Waals surface area (Å²) in [5, 5.41) is 10.4. The number of hydrogen-bond donors (Lipinski definition) is 3. The molecule has 1 aliphatic heterocycles. The summed E-state index contributed by atoms with van der Waals surface area (Å²) in [6, 6.07) is 4.90. The molecule has 5 rings (SSSR count). The Balaban J connectivity index is 1.47. The molecular weight excluding hydrogens is 464 g/mol. The monoisotopic (exact) mass is 494 g/mol. The number of carbonyl (C=O) groups is 3. The summed E-state index contributed by atoms with van der Waals surface area (Å²) in [5.41, 5.74) is -0.0304. The molecule has 1 saturated carbocycles. The number of pyridine rings is 1. The van der Waals surface area contributed by atoms with E-state index in [1.54, 1.807) is 23.1 Å². The lowest BCUT2D eigenvalue weighted by atomic mass is 10.0. The number of amides is 2. The molecule has 1 aliphatic carbocycles. The zero-order valence-corrected chi connectivity index (χ0v) is 20.6. The molecule has 0 unspecified atom stereocenters. The molecule has 1 saturated heterocycles. The molecule has 2 aromatic heterocycles. The highest BCUT2D eigenvalue weighted by Gasteiger charge is 2.39. The van der Waals surface area contributed by atoms with Crippen molar-refractivity contribution in [1.82, 2.24) is 19.8 Å². The quantitative estimate of drug-likeness (QED) is 0.495. The van der Waals surface area contributed by atoms with Crippen molar-refractivity contribution in [3.05, 3.63) is 45.9 Å². The number of aromatic nitrogens is 2. The first-order valence-corrected chi connectivity index (χ1v) is 12.2. The molecule has 3 heterocycles. The van der Waals surface area contributed by atoms with Crippen LogP contribution in [0.5, 0.6) is 0 Å². The van der Waals surface area contributed by atoms with Gasteiger partial charge in [0.05, 0.1) is 11.6 Å². The topological polar surface area (TPSA) is 136 Å². The van der Waals surface area contributed by atoms with Crippen molar-refractivity contribution in [2.45, 2.75) is 64.1 Å². The molecule has 36 heavy (non-hydrogen) atoms. The van der Waals surface area contributed by atoms with Crippen LogP contribution >= 0.6 is 0 Å². The second-order valence-electron chi connectivity index (χ2n) is 10.6. The Morgan fingerprint density at radius 2 is 1.94 bits per heavy atom. The van der Waals surface area contributed by atoms with Gasteiger partial charge in [0, 0.05) is 47.2 Å². The maximum atomic E-state index is 13.7. The Kier molecular flexibility index (Phi) is 5.77. The summed E-state index contributed by atoms with van der Waals surface area (Å²) in [4.78, 5) is 59.7. The van der Waals surface area contributed by atoms with Gasteiger partial charge in [-0.3, -0.25) is 9.59 Å². The Bertz CT molecular complexity index is 1430. The fraction of sp³-hybridized carbons (Fsp3) is 0.462. The molecule has 10 nitrogen and oxygen atoms in total. The van der Waals surface area contributed by atoms with Gasteiger partial charge in [-0.2, -0.15) is 0 Å². The number of carboxylic acid groups (broad SMARTS) is 1. The van der Waals surface area contributed by atoms with E-state index < -0.39 is 17.1 Å². The van der Waals surface area contributed by atoms with Gasteiger partial charge >= 0.3 is 12.1 Å². The zero-order chi connectivity index (χ0) is 25.8. The van der Waals surface area contributed by atoms with Crippen LogP contribution < -0.4 is 5.56 Å². The first-order valence-electron chi connectivity index (χ1n) is 12.2. The second kappa shape index (κ2) is 8.69. The SMILES string of the molecule is CC(C)(C)OC(=O)N1CCC[C@H]1CN(C(=O)c1ccc2[nH]c(=O)c3[nH]cc(C(=O)O)c3c2c1)C1CC1. The highest BCUT2D eigenvalue weighted by molar-refractivity contribution is 6.15. The van der Waals surface area contributed by atoms with Gasteiger partial charge in [0.25, 0.3) is 11.5 Å². The summed E-state index contributed by atoms with van der Waals surface area (Å²) in [5.74, 6) is -1.34. The third kappa shape index (κ3) is 4.43. The van der Waals surface area contributed by atoms with Crippen LogP contribution in [0.25, 0.3) is 21.8 Å². The minimum absolute atomic E-state index is 0.0243. The van der Waals surface area contributed by atoms with E-state index in [-0.39, 0.29) is 40.6 Å². The Morgan fingerprint density at radius 1 is 1.19 bits per heavy atom. The van der Waals surface area contributed by atoms with E-state index in [1.807, 2.05) is 25.7 Å². The first-order chi connectivity index (χ1) is 17.0. The standard InChI is InChI=1S/C26H30N4O6/c1-26(2,3)36-25(35)29-10-4-5-16(29)13-30(15-7-8-15)23(32)14-6-9-19-17(11-14)20-18(24(33)34)12-27-21(20)22(31)28-19/h6,9,11-12,15-16,27H,4-5,7-8,10,13H2,1-3H3,(H,28,31)(H,33,34)/t16-/m0/s1. The third-order valence-electron chi connectivity index (χ3n) is 6.78. The average Bonchev–Trinajstić information content (AvgIpc) is 3.35. The van der Waals surface area contributed by atoms with Crippen molar-refractivity contribution in [3.63, 3.8) is 0 Å². The normalized spacial score (nSPS) is 18.1. The third-order valence-corrected chi connectivity index (χ3v) is 6.78. The molecule has 2 amide bonds. The van der Waals surface area contributed by atoms with Gasteiger partial charge in [-0.05, 0) is 64.7 Å². The molecule has 0 radical (unpaired) electrons. The van der Waals surface area contributed by atoms with E-state index >= 15 is 0 Å². The van der Waals surface area contributed by atoms with Crippen LogP contribution in [0.15, 0.2) is 29.2 Å². The smallest absolute Gasteiger partial charge is 0.410 e. The molecule has 3 N–H and O–H groups in total. The Labute approximate surface area is 207 Å². The molecule has 0 spiro atoms. The van der Waals surface area contributed by atoms with Gasteiger partial charge in [-0.25, -0.2) is 9.59 Å². The summed E-state index contributed by atoms with van der Waals surface area (Å²) in [6.07, 6.45) is 4.37. The van der Waals surface area contributed by atoms with Gasteiger partial charge in [0.15, 0.2) is 0 Å². The molecular formula is C26H30N4O6. The lowest BCUT2D eigenvalue weighted by molar-refractivity contribution is 0.0188. The van der Waals surface area contributed by atoms with Crippen molar-refractivity contribution in [2.24, 2.45) is 0 Å². The van der Waals surface area contributed by atoms with Crippen LogP contribution in [0.4, 0.5) is 4.79 Å². The van der Waals surface area contributed by atoms with E-state index in [0.717, 1.165) is 25.7 Å². The zero-order valence-electron chi connectivity index (χ0n) is 20.6. The summed E-state index contributed by atoms with van der Waals surface area (Å²) in [7, 11) is 0. The van der Waals surface area contributed by atoms with Crippen LogP contribution in [-0.4, -0.2) is 73.6 Å². The summed E-state index contributed by atoms with van der Waals surface area (Å²) < 4.78 is 5.58. The molecule has 190 valence electrons. The van der Waals surface area contributed by atoms with E-state index in [4.69, 9.17) is 4.74 Å². The van der Waals surface area contributed by atoms with Crippen LogP contribution in [-0.2, 0) is 4.74 Å². The summed E-state index contributed by atoms with van der Waals surface area (Å²) >= 11 is 0. The number of benzene rings is 1. The van der Waals surface area contributed by atoms with Crippen molar-refractivity contribution in [3.8, 4) is 0 Å². The van der Waals surface area contributed by atoms with E-state index in [9.17, 15) is 24.3 Å². The van der Waals surface area contributed by atoms with Crippen LogP contribution in [0, 0.1) is 0 Å². The summed E-state index contributed by atoms with van der Waals surface area (Å²) in [6.45, 7) is 6.51. The number of likely N-dealkylation sites (tertiary alicyclic amines) is 1. The van der Waals surface area contributed by atoms with Gasteiger partial charge in [-0.1, -0.05) is 0 Å². The maximum Gasteiger partial charge on any atom is 0.410 e. The molecule has 10 heteroatoms. The van der Waals surface area contributed by atoms with Crippen molar-refractivity contribution in [1.29, 1.82) is 0 Å². The fourth-order valence-corrected chi connectivity index (χ4v) is 4.99. The number of nitrogens with zero attached hydrogens (tertiary/aromatic N) is 2. The minimum atomic E-state index is -1.16. The number of aromatic amines is 2. The van der Waals surface area contributed by atoms with Gasteiger partial charge in [0.2, 0.25) is 0 Å². The van der Waals surface area contributed by atoms with Gasteiger partial charge in [0.1, 0.15) is 11.1 Å². The van der Waals surface area contributed by atoms with Crippen molar-refractivity contribution in [2.75, 3.05) is 13.1 Å². The van der Waals surface area contributed by atoms with Crippen LogP contribution in [0.1, 0.15) is 67.2 Å². The predicted molar refractivity (Wildman–Crippen MR) is 133 cm³/mol. The Morgan fingerprint density at radius 3 is 2.61 bits per heavy atom. The number of nitrogens with one attached hydrogen (secondary N) is 2. The molecule has 1 atom stereocenters. The van der Waals surface area contributed by atoms with E-state index in [1.165, 1.54) is 6.20 Å². The molecule has 1 aromatic carbocycles. The molecule has 2 fully saturated rings. The maximum absolute atomic E-state index is 13.7. The van der Waals surface area contributed by atoms with Crippen molar-refractivity contribution < 1.29 is 24.2 Å². The highest BCUT2D eigenvalue weighted by atomic mass is 16.6. The van der Waals surface area contributed by atoms with Crippen LogP contribution in [0.3, 0.4) is 0 Å². The predicted octanol–water partition coefficient (Wildman–Crippen LogP) is 3.71. The minimum Gasteiger partial charge on any atom is -0.478 e. The Hall–Kier alpha value is -3.82. The van der Waals surface area contributed by atoms with Crippen LogP contribution in [0.2, 0.25) is 0 Å². The number of ether oxygens (including phenoxy) is 1. The fourth-order valence-electron chi connectivity index (χ4n) is 4.99. The number of H-pyrrole nitrogens is 2. The van der Waals surface area contributed by atoms with Crippen molar-refractivity contribution >= 4 is 39.8 Å². The van der Waals surface area contributed by atoms with E-state index in [0.29, 0.717) is 29.6 Å². The average molecular weight is 495 g/mol. The lowest BCUT2D eigenvalue weighted by Crippen LogP contribution is -2.47. The highest BCUT2D eigenvalue weighted by Crippen LogP contribution is 2.32. The lowest BCUT2D eigenvalue weighted by Gasteiger charge is -2.32. The number of fused-ring (bicyclic) bond motifs is 3. The van der Waals surface area contributed by atoms with Gasteiger partial charge in [-0.15, -0.1) is 0 Å². The number of rotatable bonds is 5. The second-order valence-corrected chi connectivity index (χ2v) is 10.6. The molecule has 2 aliphatic rings. The molecule has 3 aromatic rings. The number of carboxylic acids is 1. The van der Waals surface area contributed by atoms with E-state index in [2.05, 4.69) is 9.97 Å². The number of carbonyl (C=O) groups excluding carboxylic acids is 2. The number of aromatic carboxylic acids is 1. The van der Waals surface area contributed by atoms with Gasteiger partial charge < -0.3 is 29.6 Å². The largest absolute Gasteiger partial charge is 0.478 e. The first kappa shape index (κ1) is 23.9.